The number of rotatable bonds is 6. The lowest BCUT2D eigenvalue weighted by atomic mass is 9.96. The molecule has 1 aliphatic rings. The van der Waals surface area contributed by atoms with E-state index in [0.29, 0.717) is 25.0 Å². The van der Waals surface area contributed by atoms with Crippen LogP contribution in [0.1, 0.15) is 42.1 Å². The van der Waals surface area contributed by atoms with Crippen LogP contribution in [-0.4, -0.2) is 41.6 Å². The van der Waals surface area contributed by atoms with Gasteiger partial charge in [0.15, 0.2) is 0 Å². The Bertz CT molecular complexity index is 521. The minimum Gasteiger partial charge on any atom is -0.481 e. The van der Waals surface area contributed by atoms with Crippen LogP contribution in [0.5, 0.6) is 0 Å². The van der Waals surface area contributed by atoms with Crippen molar-refractivity contribution in [3.63, 3.8) is 0 Å². The predicted molar refractivity (Wildman–Crippen MR) is 82.7 cm³/mol. The van der Waals surface area contributed by atoms with Crippen LogP contribution in [-0.2, 0) is 16.1 Å². The highest BCUT2D eigenvalue weighted by atomic mass is 16.5. The van der Waals surface area contributed by atoms with Gasteiger partial charge in [-0.2, -0.15) is 0 Å². The Morgan fingerprint density at radius 1 is 1.32 bits per heavy atom. The molecule has 5 nitrogen and oxygen atoms in total. The molecule has 0 radical (unpaired) electrons. The van der Waals surface area contributed by atoms with Gasteiger partial charge in [0.05, 0.1) is 18.1 Å². The number of carboxylic acids is 1. The number of esters is 1. The fourth-order valence-corrected chi connectivity index (χ4v) is 2.67. The van der Waals surface area contributed by atoms with Crippen molar-refractivity contribution in [3.8, 4) is 0 Å². The van der Waals surface area contributed by atoms with Crippen molar-refractivity contribution in [2.45, 2.75) is 32.7 Å². The zero-order valence-electron chi connectivity index (χ0n) is 13.0. The molecule has 1 aromatic carbocycles. The molecule has 0 bridgehead atoms. The van der Waals surface area contributed by atoms with Crippen LogP contribution in [0, 0.1) is 5.92 Å². The molecule has 2 rings (SSSR count). The number of hydrogen-bond acceptors (Lipinski definition) is 4. The Balaban J connectivity index is 1.91. The normalized spacial score (nSPS) is 16.4. The van der Waals surface area contributed by atoms with Gasteiger partial charge in [0, 0.05) is 6.54 Å². The van der Waals surface area contributed by atoms with Gasteiger partial charge in [-0.3, -0.25) is 9.69 Å². The van der Waals surface area contributed by atoms with Crippen LogP contribution in [0.25, 0.3) is 0 Å². The van der Waals surface area contributed by atoms with E-state index < -0.39 is 5.97 Å². The van der Waals surface area contributed by atoms with E-state index in [1.54, 1.807) is 6.07 Å². The summed E-state index contributed by atoms with van der Waals surface area (Å²) < 4.78 is 5.14. The second kappa shape index (κ2) is 7.94. The summed E-state index contributed by atoms with van der Waals surface area (Å²) in [4.78, 5) is 25.1. The van der Waals surface area contributed by atoms with Crippen LogP contribution in [0.3, 0.4) is 0 Å². The molecular weight excluding hydrogens is 282 g/mol. The molecule has 0 saturated carbocycles. The minimum atomic E-state index is -0.694. The average Bonchev–Trinajstić information content (AvgIpc) is 2.53. The maximum Gasteiger partial charge on any atom is 0.338 e. The van der Waals surface area contributed by atoms with Gasteiger partial charge < -0.3 is 9.84 Å². The number of hydrogen-bond donors (Lipinski definition) is 1. The molecule has 0 aliphatic carbocycles. The number of carboxylic acid groups (broad SMARTS) is 1. The SMILES string of the molecule is CCCOC(=O)c1cccc(CN2CCC(C(=O)O)CC2)c1. The summed E-state index contributed by atoms with van der Waals surface area (Å²) in [5, 5.41) is 9.01. The number of piperidine rings is 1. The Morgan fingerprint density at radius 3 is 2.68 bits per heavy atom. The van der Waals surface area contributed by atoms with Gasteiger partial charge in [0.2, 0.25) is 0 Å². The first-order valence-electron chi connectivity index (χ1n) is 7.81. The van der Waals surface area contributed by atoms with E-state index in [1.165, 1.54) is 0 Å². The summed E-state index contributed by atoms with van der Waals surface area (Å²) >= 11 is 0. The molecule has 120 valence electrons. The molecule has 22 heavy (non-hydrogen) atoms. The van der Waals surface area contributed by atoms with Gasteiger partial charge in [-0.05, 0) is 50.0 Å². The summed E-state index contributed by atoms with van der Waals surface area (Å²) in [6.07, 6.45) is 2.19. The van der Waals surface area contributed by atoms with E-state index in [4.69, 9.17) is 9.84 Å². The standard InChI is InChI=1S/C17H23NO4/c1-2-10-22-17(21)15-5-3-4-13(11-15)12-18-8-6-14(7-9-18)16(19)20/h3-5,11,14H,2,6-10,12H2,1H3,(H,19,20). The number of carbonyl (C=O) groups is 2. The van der Waals surface area contributed by atoms with Gasteiger partial charge >= 0.3 is 11.9 Å². The van der Waals surface area contributed by atoms with Crippen LogP contribution in [0.2, 0.25) is 0 Å². The van der Waals surface area contributed by atoms with E-state index in [-0.39, 0.29) is 11.9 Å². The number of carbonyl (C=O) groups excluding carboxylic acids is 1. The summed E-state index contributed by atoms with van der Waals surface area (Å²) in [6.45, 7) is 4.69. The van der Waals surface area contributed by atoms with Crippen molar-refractivity contribution < 1.29 is 19.4 Å². The summed E-state index contributed by atoms with van der Waals surface area (Å²) in [6, 6.07) is 7.47. The van der Waals surface area contributed by atoms with Crippen LogP contribution in [0.15, 0.2) is 24.3 Å². The lowest BCUT2D eigenvalue weighted by Gasteiger charge is -2.30. The van der Waals surface area contributed by atoms with Crippen molar-refractivity contribution in [3.05, 3.63) is 35.4 Å². The Labute approximate surface area is 130 Å². The summed E-state index contributed by atoms with van der Waals surface area (Å²) in [5.74, 6) is -1.19. The second-order valence-electron chi connectivity index (χ2n) is 5.72. The van der Waals surface area contributed by atoms with E-state index in [2.05, 4.69) is 4.90 Å². The number of ether oxygens (including phenoxy) is 1. The van der Waals surface area contributed by atoms with Crippen molar-refractivity contribution in [1.82, 2.24) is 4.90 Å². The molecule has 1 aromatic rings. The molecule has 1 saturated heterocycles. The van der Waals surface area contributed by atoms with Crippen molar-refractivity contribution in [2.24, 2.45) is 5.92 Å². The van der Waals surface area contributed by atoms with E-state index in [9.17, 15) is 9.59 Å². The third-order valence-corrected chi connectivity index (χ3v) is 3.94. The zero-order valence-corrected chi connectivity index (χ0v) is 13.0. The van der Waals surface area contributed by atoms with Crippen LogP contribution < -0.4 is 0 Å². The van der Waals surface area contributed by atoms with Gasteiger partial charge in [-0.1, -0.05) is 19.1 Å². The third kappa shape index (κ3) is 4.56. The highest BCUT2D eigenvalue weighted by Gasteiger charge is 2.24. The Kier molecular flexibility index (Phi) is 5.95. The van der Waals surface area contributed by atoms with Crippen molar-refractivity contribution in [2.75, 3.05) is 19.7 Å². The molecule has 0 unspecified atom stereocenters. The monoisotopic (exact) mass is 305 g/mol. The maximum atomic E-state index is 11.9. The number of benzene rings is 1. The molecule has 0 atom stereocenters. The predicted octanol–water partition coefficient (Wildman–Crippen LogP) is 2.55. The molecule has 1 fully saturated rings. The molecule has 5 heteroatoms. The minimum absolute atomic E-state index is 0.216. The van der Waals surface area contributed by atoms with E-state index in [0.717, 1.165) is 31.6 Å². The molecular formula is C17H23NO4. The highest BCUT2D eigenvalue weighted by molar-refractivity contribution is 5.89. The number of likely N-dealkylation sites (tertiary alicyclic amines) is 1. The average molecular weight is 305 g/mol. The van der Waals surface area contributed by atoms with Crippen LogP contribution >= 0.6 is 0 Å². The molecule has 1 heterocycles. The molecule has 0 aromatic heterocycles. The fraction of sp³-hybridized carbons (Fsp3) is 0.529. The van der Waals surface area contributed by atoms with E-state index in [1.807, 2.05) is 25.1 Å². The van der Waals surface area contributed by atoms with Gasteiger partial charge in [0.25, 0.3) is 0 Å². The first-order chi connectivity index (χ1) is 10.6. The smallest absolute Gasteiger partial charge is 0.338 e. The lowest BCUT2D eigenvalue weighted by Crippen LogP contribution is -2.35. The second-order valence-corrected chi connectivity index (χ2v) is 5.72. The first-order valence-corrected chi connectivity index (χ1v) is 7.81. The molecule has 1 aliphatic heterocycles. The Morgan fingerprint density at radius 2 is 2.05 bits per heavy atom. The topological polar surface area (TPSA) is 66.8 Å². The lowest BCUT2D eigenvalue weighted by molar-refractivity contribution is -0.143. The Hall–Kier alpha value is -1.88. The molecule has 0 spiro atoms. The zero-order chi connectivity index (χ0) is 15.9. The first kappa shape index (κ1) is 16.5. The molecule has 1 N–H and O–H groups in total. The third-order valence-electron chi connectivity index (χ3n) is 3.94. The van der Waals surface area contributed by atoms with E-state index >= 15 is 0 Å². The number of nitrogens with zero attached hydrogens (tertiary/aromatic N) is 1. The van der Waals surface area contributed by atoms with Crippen molar-refractivity contribution >= 4 is 11.9 Å². The highest BCUT2D eigenvalue weighted by Crippen LogP contribution is 2.19. The number of aliphatic carboxylic acids is 1. The van der Waals surface area contributed by atoms with Crippen molar-refractivity contribution in [1.29, 1.82) is 0 Å². The largest absolute Gasteiger partial charge is 0.481 e. The maximum absolute atomic E-state index is 11.9. The summed E-state index contributed by atoms with van der Waals surface area (Å²) in [5.41, 5.74) is 1.63. The van der Waals surface area contributed by atoms with Crippen LogP contribution in [0.4, 0.5) is 0 Å². The quantitative estimate of drug-likeness (QED) is 0.818. The van der Waals surface area contributed by atoms with Gasteiger partial charge in [0.1, 0.15) is 0 Å². The van der Waals surface area contributed by atoms with Gasteiger partial charge in [-0.25, -0.2) is 4.79 Å². The van der Waals surface area contributed by atoms with Gasteiger partial charge in [-0.15, -0.1) is 0 Å². The summed E-state index contributed by atoms with van der Waals surface area (Å²) in [7, 11) is 0. The fourth-order valence-electron chi connectivity index (χ4n) is 2.67. The molecule has 0 amide bonds.